The van der Waals surface area contributed by atoms with E-state index in [4.69, 9.17) is 23.2 Å². The van der Waals surface area contributed by atoms with Crippen molar-refractivity contribution in [3.8, 4) is 0 Å². The van der Waals surface area contributed by atoms with E-state index in [1.54, 1.807) is 18.2 Å². The van der Waals surface area contributed by atoms with Gasteiger partial charge in [0.25, 0.3) is 0 Å². The lowest BCUT2D eigenvalue weighted by Crippen LogP contribution is -3.00. The second kappa shape index (κ2) is 4.38. The van der Waals surface area contributed by atoms with Gasteiger partial charge in [0, 0.05) is 22.2 Å². The normalized spacial score (nSPS) is 8.70. The van der Waals surface area contributed by atoms with Crippen LogP contribution in [0, 0.1) is 0 Å². The molecule has 3 N–H and O–H groups in total. The molecule has 1 nitrogen and oxygen atoms in total. The van der Waals surface area contributed by atoms with Gasteiger partial charge in [0.2, 0.25) is 0 Å². The van der Waals surface area contributed by atoms with E-state index < -0.39 is 0 Å². The molecule has 1 aromatic carbocycles. The van der Waals surface area contributed by atoms with Crippen LogP contribution >= 0.6 is 23.2 Å². The monoisotopic (exact) mass is 289 g/mol. The molecule has 10 heavy (non-hydrogen) atoms. The lowest BCUT2D eigenvalue weighted by molar-refractivity contribution is -0.254. The first-order chi connectivity index (χ1) is 4.18. The Morgan fingerprint density at radius 1 is 1.00 bits per heavy atom. The van der Waals surface area contributed by atoms with Gasteiger partial charge in [0.1, 0.15) is 5.69 Å². The Morgan fingerprint density at radius 3 is 1.70 bits per heavy atom. The van der Waals surface area contributed by atoms with Gasteiger partial charge >= 0.3 is 0 Å². The summed E-state index contributed by atoms with van der Waals surface area (Å²) in [5.74, 6) is 0. The molecule has 0 saturated heterocycles. The lowest BCUT2D eigenvalue weighted by atomic mass is 10.3. The van der Waals surface area contributed by atoms with E-state index in [-0.39, 0.29) is 24.0 Å². The molecule has 0 amide bonds. The smallest absolute Gasteiger partial charge is 0.130 e. The zero-order valence-corrected chi connectivity index (χ0v) is 8.74. The van der Waals surface area contributed by atoms with Crippen LogP contribution in [-0.2, 0) is 0 Å². The van der Waals surface area contributed by atoms with Crippen molar-refractivity contribution in [2.24, 2.45) is 0 Å². The van der Waals surface area contributed by atoms with Crippen LogP contribution in [0.4, 0.5) is 5.69 Å². The maximum atomic E-state index is 5.63. The molecule has 0 bridgehead atoms. The number of quaternary nitrogens is 1. The van der Waals surface area contributed by atoms with Gasteiger partial charge in [-0.15, -0.1) is 0 Å². The second-order valence-electron chi connectivity index (χ2n) is 1.78. The maximum Gasteiger partial charge on any atom is 0.130 e. The maximum absolute atomic E-state index is 5.63. The molecule has 0 aliphatic heterocycles. The second-order valence-corrected chi connectivity index (χ2v) is 2.65. The highest BCUT2D eigenvalue weighted by molar-refractivity contribution is 6.34. The molecule has 1 rings (SSSR count). The number of hydrogen-bond acceptors (Lipinski definition) is 0. The lowest BCUT2D eigenvalue weighted by Gasteiger charge is -1.90. The predicted octanol–water partition coefficient (Wildman–Crippen LogP) is -1.13. The Bertz CT molecular complexity index is 177. The van der Waals surface area contributed by atoms with E-state index in [0.29, 0.717) is 10.0 Å². The van der Waals surface area contributed by atoms with E-state index >= 15 is 0 Å². The molecule has 0 spiro atoms. The fourth-order valence-corrected chi connectivity index (χ4v) is 1.18. The molecule has 4 heteroatoms. The Hall–Kier alpha value is 0.490. The average Bonchev–Trinajstić information content (AvgIpc) is 1.59. The third-order valence-corrected chi connectivity index (χ3v) is 1.36. The van der Waals surface area contributed by atoms with Crippen molar-refractivity contribution in [3.63, 3.8) is 0 Å². The SMILES string of the molecule is [I-].[NH3+]c1cc(Cl)cc(Cl)c1. The van der Waals surface area contributed by atoms with Gasteiger partial charge in [-0.2, -0.15) is 0 Å². The molecule has 0 saturated carbocycles. The van der Waals surface area contributed by atoms with Crippen molar-refractivity contribution in [1.29, 1.82) is 0 Å². The molecule has 1 aromatic rings. The van der Waals surface area contributed by atoms with E-state index in [9.17, 15) is 0 Å². The van der Waals surface area contributed by atoms with Gasteiger partial charge in [-0.05, 0) is 6.07 Å². The van der Waals surface area contributed by atoms with E-state index in [2.05, 4.69) is 5.73 Å². The van der Waals surface area contributed by atoms with Crippen LogP contribution in [0.2, 0.25) is 10.0 Å². The molecule has 0 heterocycles. The van der Waals surface area contributed by atoms with Crippen molar-refractivity contribution in [1.82, 2.24) is 0 Å². The minimum absolute atomic E-state index is 0. The van der Waals surface area contributed by atoms with Crippen LogP contribution in [0.15, 0.2) is 18.2 Å². The van der Waals surface area contributed by atoms with E-state index in [1.807, 2.05) is 0 Å². The van der Waals surface area contributed by atoms with Crippen molar-refractivity contribution in [2.75, 3.05) is 0 Å². The van der Waals surface area contributed by atoms with Gasteiger partial charge in [-0.1, -0.05) is 23.2 Å². The molecule has 0 unspecified atom stereocenters. The summed E-state index contributed by atoms with van der Waals surface area (Å²) in [5.41, 5.74) is 4.51. The van der Waals surface area contributed by atoms with E-state index in [0.717, 1.165) is 5.69 Å². The highest BCUT2D eigenvalue weighted by atomic mass is 127. The Kier molecular flexibility index (Phi) is 4.60. The van der Waals surface area contributed by atoms with Gasteiger partial charge in [0.05, 0.1) is 0 Å². The van der Waals surface area contributed by atoms with Crippen molar-refractivity contribution < 1.29 is 29.7 Å². The van der Waals surface area contributed by atoms with Crippen molar-refractivity contribution >= 4 is 28.9 Å². The standard InChI is InChI=1S/C6H5Cl2N.HI/c7-4-1-5(8)3-6(9)2-4;/h1-3H,9H2;1H. The Balaban J connectivity index is 0.000000810. The molecular weight excluding hydrogens is 284 g/mol. The molecular formula is C6H6Cl2IN. The summed E-state index contributed by atoms with van der Waals surface area (Å²) in [6, 6.07) is 5.19. The minimum atomic E-state index is 0. The summed E-state index contributed by atoms with van der Waals surface area (Å²) in [7, 11) is 0. The van der Waals surface area contributed by atoms with Gasteiger partial charge in [-0.3, -0.25) is 0 Å². The molecule has 0 aromatic heterocycles. The predicted molar refractivity (Wildman–Crippen MR) is 39.0 cm³/mol. The van der Waals surface area contributed by atoms with Crippen LogP contribution in [0.3, 0.4) is 0 Å². The molecule has 0 atom stereocenters. The summed E-state index contributed by atoms with van der Waals surface area (Å²) in [6.07, 6.45) is 0. The average molecular weight is 290 g/mol. The zero-order valence-electron chi connectivity index (χ0n) is 5.07. The van der Waals surface area contributed by atoms with Crippen LogP contribution in [0.25, 0.3) is 0 Å². The summed E-state index contributed by atoms with van der Waals surface area (Å²) in [5, 5.41) is 1.26. The van der Waals surface area contributed by atoms with Crippen LogP contribution in [0.5, 0.6) is 0 Å². The largest absolute Gasteiger partial charge is 1.00 e. The first-order valence-electron chi connectivity index (χ1n) is 2.46. The third kappa shape index (κ3) is 3.05. The van der Waals surface area contributed by atoms with Crippen LogP contribution in [0.1, 0.15) is 0 Å². The van der Waals surface area contributed by atoms with E-state index in [1.165, 1.54) is 0 Å². The Labute approximate surface area is 86.5 Å². The van der Waals surface area contributed by atoms with Crippen LogP contribution in [-0.4, -0.2) is 0 Å². The fourth-order valence-electron chi connectivity index (χ4n) is 0.611. The first-order valence-corrected chi connectivity index (χ1v) is 3.22. The van der Waals surface area contributed by atoms with Crippen molar-refractivity contribution in [2.45, 2.75) is 0 Å². The topological polar surface area (TPSA) is 27.6 Å². The molecule has 0 aliphatic rings. The van der Waals surface area contributed by atoms with Gasteiger partial charge in [-0.25, -0.2) is 0 Å². The number of halogens is 3. The van der Waals surface area contributed by atoms with Gasteiger partial charge in [0.15, 0.2) is 0 Å². The minimum Gasteiger partial charge on any atom is -1.00 e. The van der Waals surface area contributed by atoms with Gasteiger partial charge < -0.3 is 29.7 Å². The first kappa shape index (κ1) is 10.5. The highest BCUT2D eigenvalue weighted by Gasteiger charge is 1.94. The third-order valence-electron chi connectivity index (χ3n) is 0.922. The van der Waals surface area contributed by atoms with Crippen LogP contribution < -0.4 is 29.7 Å². The number of benzene rings is 1. The molecule has 56 valence electrons. The fraction of sp³-hybridized carbons (Fsp3) is 0. The summed E-state index contributed by atoms with van der Waals surface area (Å²) < 4.78 is 0. The number of rotatable bonds is 0. The highest BCUT2D eigenvalue weighted by Crippen LogP contribution is 2.18. The zero-order chi connectivity index (χ0) is 6.85. The Morgan fingerprint density at radius 2 is 1.40 bits per heavy atom. The molecule has 0 fully saturated rings. The summed E-state index contributed by atoms with van der Waals surface area (Å²) in [6.45, 7) is 0. The quantitative estimate of drug-likeness (QED) is 0.586. The molecule has 0 radical (unpaired) electrons. The molecule has 0 aliphatic carbocycles. The summed E-state index contributed by atoms with van der Waals surface area (Å²) in [4.78, 5) is 0. The van der Waals surface area contributed by atoms with Crippen molar-refractivity contribution in [3.05, 3.63) is 28.2 Å². The number of hydrogen-bond donors (Lipinski definition) is 1. The summed E-state index contributed by atoms with van der Waals surface area (Å²) >= 11 is 11.3.